The van der Waals surface area contributed by atoms with Gasteiger partial charge in [0.05, 0.1) is 5.69 Å². The topological polar surface area (TPSA) is 42.7 Å². The minimum atomic E-state index is 0.618. The van der Waals surface area contributed by atoms with Crippen molar-refractivity contribution in [1.29, 1.82) is 0 Å². The Morgan fingerprint density at radius 1 is 1.11 bits per heavy atom. The van der Waals surface area contributed by atoms with E-state index in [0.29, 0.717) is 6.04 Å². The van der Waals surface area contributed by atoms with Crippen LogP contribution < -0.4 is 5.32 Å². The van der Waals surface area contributed by atoms with Gasteiger partial charge >= 0.3 is 0 Å². The summed E-state index contributed by atoms with van der Waals surface area (Å²) in [6.45, 7) is 2.35. The van der Waals surface area contributed by atoms with Gasteiger partial charge in [-0.15, -0.1) is 10.2 Å². The fourth-order valence-corrected chi connectivity index (χ4v) is 2.73. The molecule has 1 aromatic carbocycles. The quantitative estimate of drug-likeness (QED) is 0.916. The number of anilines is 1. The molecule has 4 nitrogen and oxygen atoms in total. The van der Waals surface area contributed by atoms with E-state index in [1.165, 1.54) is 31.4 Å². The van der Waals surface area contributed by atoms with Gasteiger partial charge in [-0.25, -0.2) is 0 Å². The van der Waals surface area contributed by atoms with E-state index in [1.807, 2.05) is 4.57 Å². The van der Waals surface area contributed by atoms with Crippen molar-refractivity contribution in [3.63, 3.8) is 0 Å². The van der Waals surface area contributed by atoms with E-state index >= 15 is 0 Å². The van der Waals surface area contributed by atoms with Gasteiger partial charge in [-0.2, -0.15) is 0 Å². The van der Waals surface area contributed by atoms with Gasteiger partial charge in [0.2, 0.25) is 0 Å². The van der Waals surface area contributed by atoms with Crippen LogP contribution in [0, 0.1) is 5.92 Å². The van der Waals surface area contributed by atoms with Crippen molar-refractivity contribution in [1.82, 2.24) is 14.8 Å². The molecule has 19 heavy (non-hydrogen) atoms. The van der Waals surface area contributed by atoms with Crippen molar-refractivity contribution in [3.8, 4) is 5.69 Å². The third-order valence-electron chi connectivity index (χ3n) is 3.95. The number of nitrogens with zero attached hydrogens (tertiary/aromatic N) is 3. The first kappa shape index (κ1) is 12.2. The van der Waals surface area contributed by atoms with Crippen LogP contribution in [-0.2, 0) is 0 Å². The minimum Gasteiger partial charge on any atom is -0.382 e. The molecule has 4 heteroatoms. The van der Waals surface area contributed by atoms with Crippen molar-refractivity contribution in [2.45, 2.75) is 38.6 Å². The molecule has 0 bridgehead atoms. The zero-order chi connectivity index (χ0) is 13.1. The summed E-state index contributed by atoms with van der Waals surface area (Å²) in [5.74, 6) is 0.890. The monoisotopic (exact) mass is 256 g/mol. The molecule has 1 aliphatic carbocycles. The lowest BCUT2D eigenvalue weighted by atomic mass is 9.87. The second-order valence-electron chi connectivity index (χ2n) is 5.52. The first-order chi connectivity index (χ1) is 9.31. The molecule has 100 valence electrons. The van der Waals surface area contributed by atoms with Crippen LogP contribution in [0.15, 0.2) is 36.9 Å². The molecule has 0 unspecified atom stereocenters. The van der Waals surface area contributed by atoms with E-state index in [1.54, 1.807) is 12.7 Å². The molecule has 1 saturated carbocycles. The van der Waals surface area contributed by atoms with Gasteiger partial charge in [-0.3, -0.25) is 4.57 Å². The number of hydrogen-bond donors (Lipinski definition) is 1. The Morgan fingerprint density at radius 3 is 2.58 bits per heavy atom. The zero-order valence-electron chi connectivity index (χ0n) is 11.3. The average Bonchev–Trinajstić information content (AvgIpc) is 2.96. The molecular formula is C15H20N4. The Labute approximate surface area is 113 Å². The highest BCUT2D eigenvalue weighted by atomic mass is 15.2. The highest BCUT2D eigenvalue weighted by Gasteiger charge is 2.17. The smallest absolute Gasteiger partial charge is 0.123 e. The maximum Gasteiger partial charge on any atom is 0.123 e. The molecule has 0 atom stereocenters. The summed E-state index contributed by atoms with van der Waals surface area (Å²) in [6.07, 6.45) is 8.67. The summed E-state index contributed by atoms with van der Waals surface area (Å²) < 4.78 is 1.92. The number of hydrogen-bond acceptors (Lipinski definition) is 3. The molecule has 0 spiro atoms. The third-order valence-corrected chi connectivity index (χ3v) is 3.95. The fourth-order valence-electron chi connectivity index (χ4n) is 2.73. The van der Waals surface area contributed by atoms with Crippen LogP contribution in [0.5, 0.6) is 0 Å². The van der Waals surface area contributed by atoms with Gasteiger partial charge < -0.3 is 5.32 Å². The standard InChI is InChI=1S/C15H20N4/c1-12-5-7-13(8-6-12)18-14-3-2-4-15(9-14)19-10-16-17-11-19/h2-4,9-13,18H,5-8H2,1H3. The summed E-state index contributed by atoms with van der Waals surface area (Å²) in [6, 6.07) is 9.04. The summed E-state index contributed by atoms with van der Waals surface area (Å²) in [5.41, 5.74) is 2.28. The van der Waals surface area contributed by atoms with Crippen LogP contribution in [-0.4, -0.2) is 20.8 Å². The minimum absolute atomic E-state index is 0.618. The van der Waals surface area contributed by atoms with E-state index in [0.717, 1.165) is 11.6 Å². The van der Waals surface area contributed by atoms with E-state index in [4.69, 9.17) is 0 Å². The summed E-state index contributed by atoms with van der Waals surface area (Å²) in [4.78, 5) is 0. The first-order valence-electron chi connectivity index (χ1n) is 7.03. The molecule has 1 heterocycles. The van der Waals surface area contributed by atoms with Crippen LogP contribution in [0.2, 0.25) is 0 Å². The van der Waals surface area contributed by atoms with Gasteiger partial charge in [0.15, 0.2) is 0 Å². The van der Waals surface area contributed by atoms with Crippen molar-refractivity contribution in [2.24, 2.45) is 5.92 Å². The number of benzene rings is 1. The molecule has 1 aliphatic rings. The lowest BCUT2D eigenvalue weighted by Crippen LogP contribution is -2.25. The lowest BCUT2D eigenvalue weighted by molar-refractivity contribution is 0.361. The molecule has 0 aliphatic heterocycles. The molecule has 1 N–H and O–H groups in total. The van der Waals surface area contributed by atoms with Crippen molar-refractivity contribution in [2.75, 3.05) is 5.32 Å². The van der Waals surface area contributed by atoms with Gasteiger partial charge in [0.25, 0.3) is 0 Å². The van der Waals surface area contributed by atoms with Crippen LogP contribution in [0.1, 0.15) is 32.6 Å². The number of nitrogens with one attached hydrogen (secondary N) is 1. The highest BCUT2D eigenvalue weighted by Crippen LogP contribution is 2.26. The Bertz CT molecular complexity index is 513. The SMILES string of the molecule is CC1CCC(Nc2cccc(-n3cnnc3)c2)CC1. The maximum absolute atomic E-state index is 3.84. The molecular weight excluding hydrogens is 236 g/mol. The normalized spacial score (nSPS) is 23.2. The van der Waals surface area contributed by atoms with Crippen molar-refractivity contribution < 1.29 is 0 Å². The summed E-state index contributed by atoms with van der Waals surface area (Å²) in [5, 5.41) is 11.3. The van der Waals surface area contributed by atoms with Crippen LogP contribution >= 0.6 is 0 Å². The van der Waals surface area contributed by atoms with Crippen LogP contribution in [0.4, 0.5) is 5.69 Å². The van der Waals surface area contributed by atoms with Gasteiger partial charge in [-0.05, 0) is 49.8 Å². The lowest BCUT2D eigenvalue weighted by Gasteiger charge is -2.27. The van der Waals surface area contributed by atoms with E-state index in [2.05, 4.69) is 46.7 Å². The molecule has 0 saturated heterocycles. The van der Waals surface area contributed by atoms with Gasteiger partial charge in [0, 0.05) is 11.7 Å². The number of aromatic nitrogens is 3. The third kappa shape index (κ3) is 2.95. The largest absolute Gasteiger partial charge is 0.382 e. The van der Waals surface area contributed by atoms with Crippen molar-refractivity contribution >= 4 is 5.69 Å². The van der Waals surface area contributed by atoms with E-state index in [-0.39, 0.29) is 0 Å². The second kappa shape index (κ2) is 5.43. The van der Waals surface area contributed by atoms with E-state index < -0.39 is 0 Å². The highest BCUT2D eigenvalue weighted by molar-refractivity contribution is 5.51. The Morgan fingerprint density at radius 2 is 1.84 bits per heavy atom. The van der Waals surface area contributed by atoms with E-state index in [9.17, 15) is 0 Å². The predicted molar refractivity (Wildman–Crippen MR) is 76.4 cm³/mol. The van der Waals surface area contributed by atoms with Crippen molar-refractivity contribution in [3.05, 3.63) is 36.9 Å². The average molecular weight is 256 g/mol. The molecule has 3 rings (SSSR count). The molecule has 1 fully saturated rings. The summed E-state index contributed by atoms with van der Waals surface area (Å²) in [7, 11) is 0. The molecule has 0 amide bonds. The fraction of sp³-hybridized carbons (Fsp3) is 0.467. The molecule has 1 aromatic heterocycles. The second-order valence-corrected chi connectivity index (χ2v) is 5.52. The number of rotatable bonds is 3. The Balaban J connectivity index is 1.70. The Hall–Kier alpha value is -1.84. The summed E-state index contributed by atoms with van der Waals surface area (Å²) >= 11 is 0. The predicted octanol–water partition coefficient (Wildman–Crippen LogP) is 3.26. The Kier molecular flexibility index (Phi) is 3.49. The van der Waals surface area contributed by atoms with Crippen LogP contribution in [0.3, 0.4) is 0 Å². The molecule has 0 radical (unpaired) electrons. The zero-order valence-corrected chi connectivity index (χ0v) is 11.3. The van der Waals surface area contributed by atoms with Crippen LogP contribution in [0.25, 0.3) is 5.69 Å². The molecule has 2 aromatic rings. The van der Waals surface area contributed by atoms with Gasteiger partial charge in [-0.1, -0.05) is 13.0 Å². The maximum atomic E-state index is 3.84. The first-order valence-corrected chi connectivity index (χ1v) is 7.03. The van der Waals surface area contributed by atoms with Gasteiger partial charge in [0.1, 0.15) is 12.7 Å².